The van der Waals surface area contributed by atoms with Gasteiger partial charge in [0.2, 0.25) is 0 Å². The highest BCUT2D eigenvalue weighted by Crippen LogP contribution is 2.29. The number of carbonyl (C=O) groups is 1. The van der Waals surface area contributed by atoms with Crippen molar-refractivity contribution in [3.8, 4) is 0 Å². The van der Waals surface area contributed by atoms with Gasteiger partial charge in [0, 0.05) is 13.1 Å². The lowest BCUT2D eigenvalue weighted by atomic mass is 9.99. The summed E-state index contributed by atoms with van der Waals surface area (Å²) in [5.74, 6) is 1.13. The molecule has 16 heavy (non-hydrogen) atoms. The van der Waals surface area contributed by atoms with Crippen LogP contribution in [-0.4, -0.2) is 29.4 Å². The summed E-state index contributed by atoms with van der Waals surface area (Å²) in [5, 5.41) is 0. The van der Waals surface area contributed by atoms with E-state index < -0.39 is 0 Å². The monoisotopic (exact) mass is 222 g/mol. The molecule has 4 nitrogen and oxygen atoms in total. The first-order valence-electron chi connectivity index (χ1n) is 5.65. The minimum Gasteiger partial charge on any atom is -0.456 e. The zero-order valence-corrected chi connectivity index (χ0v) is 9.82. The van der Waals surface area contributed by atoms with Gasteiger partial charge in [-0.25, -0.2) is 0 Å². The van der Waals surface area contributed by atoms with Crippen molar-refractivity contribution < 1.29 is 9.21 Å². The molecule has 1 aromatic heterocycles. The highest BCUT2D eigenvalue weighted by atomic mass is 16.3. The molecule has 2 heterocycles. The molecular weight excluding hydrogens is 204 g/mol. The van der Waals surface area contributed by atoms with Crippen molar-refractivity contribution in [3.63, 3.8) is 0 Å². The molecule has 1 amide bonds. The lowest BCUT2D eigenvalue weighted by Crippen LogP contribution is -2.49. The third kappa shape index (κ3) is 1.73. The number of nitrogens with two attached hydrogens (primary N) is 1. The summed E-state index contributed by atoms with van der Waals surface area (Å²) in [5.41, 5.74) is 5.54. The van der Waals surface area contributed by atoms with E-state index in [1.54, 1.807) is 6.07 Å². The van der Waals surface area contributed by atoms with Gasteiger partial charge in [-0.15, -0.1) is 0 Å². The summed E-state index contributed by atoms with van der Waals surface area (Å²) >= 11 is 0. The number of hydrogen-bond donors (Lipinski definition) is 1. The molecule has 2 N–H and O–H groups in total. The summed E-state index contributed by atoms with van der Waals surface area (Å²) in [4.78, 5) is 14.0. The van der Waals surface area contributed by atoms with Gasteiger partial charge in [0.15, 0.2) is 5.76 Å². The molecule has 1 saturated heterocycles. The molecule has 1 unspecified atom stereocenters. The summed E-state index contributed by atoms with van der Waals surface area (Å²) in [7, 11) is 0. The summed E-state index contributed by atoms with van der Waals surface area (Å²) < 4.78 is 5.36. The standard InChI is InChI=1S/C12H18N2O2/c1-9-4-5-10(16-9)11(15)14-7-3-6-12(14,2)8-13/h4-5H,3,6-8,13H2,1-2H3. The van der Waals surface area contributed by atoms with Crippen molar-refractivity contribution >= 4 is 5.91 Å². The first-order valence-corrected chi connectivity index (χ1v) is 5.65. The second-order valence-corrected chi connectivity index (χ2v) is 4.67. The lowest BCUT2D eigenvalue weighted by Gasteiger charge is -2.33. The molecule has 0 saturated carbocycles. The molecular formula is C12H18N2O2. The Morgan fingerprint density at radius 3 is 2.94 bits per heavy atom. The topological polar surface area (TPSA) is 59.5 Å². The van der Waals surface area contributed by atoms with Crippen molar-refractivity contribution in [2.45, 2.75) is 32.2 Å². The summed E-state index contributed by atoms with van der Waals surface area (Å²) in [6.07, 6.45) is 1.98. The number of rotatable bonds is 2. The average Bonchev–Trinajstić information content (AvgIpc) is 2.85. The summed E-state index contributed by atoms with van der Waals surface area (Å²) in [6.45, 7) is 5.14. The number of amides is 1. The fourth-order valence-corrected chi connectivity index (χ4v) is 2.26. The lowest BCUT2D eigenvalue weighted by molar-refractivity contribution is 0.0602. The van der Waals surface area contributed by atoms with E-state index in [1.165, 1.54) is 0 Å². The predicted octanol–water partition coefficient (Wildman–Crippen LogP) is 1.54. The Bertz CT molecular complexity index is 399. The van der Waals surface area contributed by atoms with E-state index in [2.05, 4.69) is 0 Å². The molecule has 1 fully saturated rings. The van der Waals surface area contributed by atoms with Gasteiger partial charge in [-0.05, 0) is 38.8 Å². The van der Waals surface area contributed by atoms with Gasteiger partial charge in [-0.3, -0.25) is 4.79 Å². The average molecular weight is 222 g/mol. The second kappa shape index (κ2) is 3.94. The maximum absolute atomic E-state index is 12.2. The van der Waals surface area contributed by atoms with Gasteiger partial charge in [0.05, 0.1) is 5.54 Å². The number of carbonyl (C=O) groups excluding carboxylic acids is 1. The Morgan fingerprint density at radius 1 is 1.62 bits per heavy atom. The molecule has 4 heteroatoms. The van der Waals surface area contributed by atoms with Crippen LogP contribution in [0.15, 0.2) is 16.5 Å². The fraction of sp³-hybridized carbons (Fsp3) is 0.583. The van der Waals surface area contributed by atoms with Crippen LogP contribution in [-0.2, 0) is 0 Å². The molecule has 1 aliphatic rings. The van der Waals surface area contributed by atoms with Crippen molar-refractivity contribution in [1.82, 2.24) is 4.90 Å². The predicted molar refractivity (Wildman–Crippen MR) is 61.2 cm³/mol. The largest absolute Gasteiger partial charge is 0.456 e. The maximum atomic E-state index is 12.2. The molecule has 0 spiro atoms. The van der Waals surface area contributed by atoms with Crippen LogP contribution in [0.2, 0.25) is 0 Å². The molecule has 0 aliphatic carbocycles. The van der Waals surface area contributed by atoms with E-state index in [-0.39, 0.29) is 11.4 Å². The number of aryl methyl sites for hydroxylation is 1. The molecule has 0 bridgehead atoms. The molecule has 1 aromatic rings. The van der Waals surface area contributed by atoms with Crippen molar-refractivity contribution in [2.75, 3.05) is 13.1 Å². The zero-order chi connectivity index (χ0) is 11.8. The SMILES string of the molecule is Cc1ccc(C(=O)N2CCCC2(C)CN)o1. The first-order chi connectivity index (χ1) is 7.57. The highest BCUT2D eigenvalue weighted by Gasteiger charge is 2.39. The van der Waals surface area contributed by atoms with Crippen LogP contribution >= 0.6 is 0 Å². The third-order valence-electron chi connectivity index (χ3n) is 3.38. The molecule has 2 rings (SSSR count). The van der Waals surface area contributed by atoms with E-state index >= 15 is 0 Å². The van der Waals surface area contributed by atoms with Crippen LogP contribution in [0, 0.1) is 6.92 Å². The van der Waals surface area contributed by atoms with Crippen molar-refractivity contribution in [2.24, 2.45) is 5.73 Å². The van der Waals surface area contributed by atoms with Gasteiger partial charge >= 0.3 is 0 Å². The van der Waals surface area contributed by atoms with Crippen LogP contribution in [0.25, 0.3) is 0 Å². The Kier molecular flexibility index (Phi) is 2.76. The van der Waals surface area contributed by atoms with Gasteiger partial charge in [0.25, 0.3) is 5.91 Å². The minimum atomic E-state index is -0.211. The van der Waals surface area contributed by atoms with E-state index in [0.717, 1.165) is 25.1 Å². The molecule has 1 aliphatic heterocycles. The minimum absolute atomic E-state index is 0.0430. The van der Waals surface area contributed by atoms with Crippen LogP contribution in [0.5, 0.6) is 0 Å². The fourth-order valence-electron chi connectivity index (χ4n) is 2.26. The number of nitrogens with zero attached hydrogens (tertiary/aromatic N) is 1. The van der Waals surface area contributed by atoms with E-state index in [1.807, 2.05) is 24.8 Å². The van der Waals surface area contributed by atoms with Crippen LogP contribution in [0.4, 0.5) is 0 Å². The zero-order valence-electron chi connectivity index (χ0n) is 9.82. The van der Waals surface area contributed by atoms with Crippen LogP contribution in [0.1, 0.15) is 36.1 Å². The Balaban J connectivity index is 2.22. The highest BCUT2D eigenvalue weighted by molar-refractivity contribution is 5.92. The van der Waals surface area contributed by atoms with Crippen molar-refractivity contribution in [1.29, 1.82) is 0 Å². The number of likely N-dealkylation sites (tertiary alicyclic amines) is 1. The van der Waals surface area contributed by atoms with Crippen molar-refractivity contribution in [3.05, 3.63) is 23.7 Å². The normalized spacial score (nSPS) is 25.1. The Hall–Kier alpha value is -1.29. The quantitative estimate of drug-likeness (QED) is 0.825. The molecule has 0 radical (unpaired) electrons. The maximum Gasteiger partial charge on any atom is 0.290 e. The molecule has 0 aromatic carbocycles. The van der Waals surface area contributed by atoms with Gasteiger partial charge in [-0.1, -0.05) is 0 Å². The van der Waals surface area contributed by atoms with Gasteiger partial charge in [0.1, 0.15) is 5.76 Å². The number of furan rings is 1. The van der Waals surface area contributed by atoms with Gasteiger partial charge in [-0.2, -0.15) is 0 Å². The van der Waals surface area contributed by atoms with Crippen LogP contribution < -0.4 is 5.73 Å². The van der Waals surface area contributed by atoms with E-state index in [4.69, 9.17) is 10.2 Å². The second-order valence-electron chi connectivity index (χ2n) is 4.67. The Labute approximate surface area is 95.4 Å². The molecule has 1 atom stereocenters. The number of hydrogen-bond acceptors (Lipinski definition) is 3. The van der Waals surface area contributed by atoms with E-state index in [9.17, 15) is 4.79 Å². The summed E-state index contributed by atoms with van der Waals surface area (Å²) in [6, 6.07) is 3.54. The third-order valence-corrected chi connectivity index (χ3v) is 3.38. The first kappa shape index (κ1) is 11.2. The van der Waals surface area contributed by atoms with E-state index in [0.29, 0.717) is 12.3 Å². The van der Waals surface area contributed by atoms with Crippen LogP contribution in [0.3, 0.4) is 0 Å². The van der Waals surface area contributed by atoms with Gasteiger partial charge < -0.3 is 15.1 Å². The smallest absolute Gasteiger partial charge is 0.290 e. The Morgan fingerprint density at radius 2 is 2.38 bits per heavy atom. The molecule has 88 valence electrons.